The van der Waals surface area contributed by atoms with E-state index in [2.05, 4.69) is 5.32 Å². The van der Waals surface area contributed by atoms with Crippen LogP contribution in [0.1, 0.15) is 6.42 Å². The van der Waals surface area contributed by atoms with Gasteiger partial charge in [-0.15, -0.1) is 0 Å². The van der Waals surface area contributed by atoms with Crippen LogP contribution in [0.4, 0.5) is 10.1 Å². The summed E-state index contributed by atoms with van der Waals surface area (Å²) in [6, 6.07) is 3.77. The van der Waals surface area contributed by atoms with Gasteiger partial charge < -0.3 is 20.5 Å². The van der Waals surface area contributed by atoms with Crippen LogP contribution < -0.4 is 15.8 Å². The standard InChI is InChI=1S/C12H17FN2O3/c1-17-6-2-5-15-12(16)8-18-11-7-9(13)3-4-10(11)14/h3-4,7H,2,5-6,8,14H2,1H3,(H,15,16). The first-order valence-electron chi connectivity index (χ1n) is 5.57. The number of nitrogen functional groups attached to an aromatic ring is 1. The Labute approximate surface area is 105 Å². The highest BCUT2D eigenvalue weighted by atomic mass is 19.1. The average Bonchev–Trinajstić information content (AvgIpc) is 2.36. The number of nitrogens with one attached hydrogen (secondary N) is 1. The smallest absolute Gasteiger partial charge is 0.257 e. The van der Waals surface area contributed by atoms with Gasteiger partial charge in [-0.25, -0.2) is 4.39 Å². The predicted molar refractivity (Wildman–Crippen MR) is 65.8 cm³/mol. The zero-order valence-corrected chi connectivity index (χ0v) is 10.2. The molecule has 0 aliphatic heterocycles. The SMILES string of the molecule is COCCCNC(=O)COc1cc(F)ccc1N. The number of hydrogen-bond acceptors (Lipinski definition) is 4. The van der Waals surface area contributed by atoms with E-state index in [9.17, 15) is 9.18 Å². The minimum atomic E-state index is -0.459. The highest BCUT2D eigenvalue weighted by molar-refractivity contribution is 5.77. The summed E-state index contributed by atoms with van der Waals surface area (Å²) < 4.78 is 22.9. The van der Waals surface area contributed by atoms with Gasteiger partial charge in [0.25, 0.3) is 5.91 Å². The van der Waals surface area contributed by atoms with E-state index in [4.69, 9.17) is 15.2 Å². The third kappa shape index (κ3) is 5.01. The van der Waals surface area contributed by atoms with Crippen molar-refractivity contribution in [1.82, 2.24) is 5.32 Å². The van der Waals surface area contributed by atoms with E-state index in [1.165, 1.54) is 12.1 Å². The maximum atomic E-state index is 12.9. The Morgan fingerprint density at radius 3 is 3.00 bits per heavy atom. The summed E-state index contributed by atoms with van der Waals surface area (Å²) in [5.41, 5.74) is 5.87. The van der Waals surface area contributed by atoms with Gasteiger partial charge in [0.15, 0.2) is 6.61 Å². The molecule has 1 amide bonds. The summed E-state index contributed by atoms with van der Waals surface area (Å²) in [7, 11) is 1.59. The van der Waals surface area contributed by atoms with Gasteiger partial charge in [-0.1, -0.05) is 0 Å². The van der Waals surface area contributed by atoms with Crippen molar-refractivity contribution >= 4 is 11.6 Å². The quantitative estimate of drug-likeness (QED) is 0.562. The first kappa shape index (κ1) is 14.2. The summed E-state index contributed by atoms with van der Waals surface area (Å²) >= 11 is 0. The molecule has 0 unspecified atom stereocenters. The summed E-state index contributed by atoms with van der Waals surface area (Å²) in [4.78, 5) is 11.4. The van der Waals surface area contributed by atoms with Crippen LogP contribution in [0.5, 0.6) is 5.75 Å². The summed E-state index contributed by atoms with van der Waals surface area (Å²) in [6.07, 6.45) is 0.727. The number of anilines is 1. The van der Waals surface area contributed by atoms with Crippen molar-refractivity contribution in [2.24, 2.45) is 0 Å². The molecule has 1 rings (SSSR count). The van der Waals surface area contributed by atoms with Crippen molar-refractivity contribution < 1.29 is 18.7 Å². The lowest BCUT2D eigenvalue weighted by molar-refractivity contribution is -0.123. The van der Waals surface area contributed by atoms with Crippen molar-refractivity contribution in [2.75, 3.05) is 32.6 Å². The summed E-state index contributed by atoms with van der Waals surface area (Å²) in [6.45, 7) is 0.896. The lowest BCUT2D eigenvalue weighted by atomic mass is 10.3. The van der Waals surface area contributed by atoms with E-state index >= 15 is 0 Å². The lowest BCUT2D eigenvalue weighted by Crippen LogP contribution is -2.30. The van der Waals surface area contributed by atoms with Gasteiger partial charge >= 0.3 is 0 Å². The predicted octanol–water partition coefficient (Wildman–Crippen LogP) is 0.939. The summed E-state index contributed by atoms with van der Waals surface area (Å²) in [5, 5.41) is 2.64. The van der Waals surface area contributed by atoms with E-state index in [0.717, 1.165) is 12.5 Å². The highest BCUT2D eigenvalue weighted by Crippen LogP contribution is 2.21. The van der Waals surface area contributed by atoms with Crippen LogP contribution in [0.25, 0.3) is 0 Å². The number of methoxy groups -OCH3 is 1. The number of ether oxygens (including phenoxy) is 2. The molecule has 0 bridgehead atoms. The van der Waals surface area contributed by atoms with Gasteiger partial charge in [-0.05, 0) is 18.6 Å². The molecule has 100 valence electrons. The van der Waals surface area contributed by atoms with Gasteiger partial charge in [0.1, 0.15) is 11.6 Å². The fourth-order valence-corrected chi connectivity index (χ4v) is 1.27. The van der Waals surface area contributed by atoms with Gasteiger partial charge in [-0.2, -0.15) is 0 Å². The molecule has 0 saturated carbocycles. The van der Waals surface area contributed by atoms with Crippen LogP contribution in [-0.4, -0.2) is 32.8 Å². The molecule has 1 aromatic carbocycles. The van der Waals surface area contributed by atoms with Gasteiger partial charge in [0.2, 0.25) is 0 Å². The second kappa shape index (κ2) is 7.50. The van der Waals surface area contributed by atoms with Crippen molar-refractivity contribution in [2.45, 2.75) is 6.42 Å². The molecule has 3 N–H and O–H groups in total. The minimum absolute atomic E-state index is 0.169. The van der Waals surface area contributed by atoms with Crippen molar-refractivity contribution in [3.8, 4) is 5.75 Å². The maximum absolute atomic E-state index is 12.9. The topological polar surface area (TPSA) is 73.6 Å². The van der Waals surface area contributed by atoms with Crippen LogP contribution in [0.3, 0.4) is 0 Å². The molecule has 0 aliphatic carbocycles. The lowest BCUT2D eigenvalue weighted by Gasteiger charge is -2.09. The van der Waals surface area contributed by atoms with E-state index in [0.29, 0.717) is 18.8 Å². The molecule has 1 aromatic rings. The molecule has 0 atom stereocenters. The largest absolute Gasteiger partial charge is 0.482 e. The molecule has 0 radical (unpaired) electrons. The van der Waals surface area contributed by atoms with E-state index in [-0.39, 0.29) is 18.3 Å². The number of carbonyl (C=O) groups excluding carboxylic acids is 1. The molecule has 0 aromatic heterocycles. The van der Waals surface area contributed by atoms with Crippen molar-refractivity contribution in [3.05, 3.63) is 24.0 Å². The zero-order chi connectivity index (χ0) is 13.4. The molecule has 5 nitrogen and oxygen atoms in total. The Kier molecular flexibility index (Phi) is 5.93. The zero-order valence-electron chi connectivity index (χ0n) is 10.2. The normalized spacial score (nSPS) is 10.1. The number of benzene rings is 1. The summed E-state index contributed by atoms with van der Waals surface area (Å²) in [5.74, 6) is -0.573. The molecule has 18 heavy (non-hydrogen) atoms. The number of nitrogens with two attached hydrogens (primary N) is 1. The van der Waals surface area contributed by atoms with E-state index < -0.39 is 5.82 Å². The fourth-order valence-electron chi connectivity index (χ4n) is 1.27. The Balaban J connectivity index is 2.31. The van der Waals surface area contributed by atoms with Crippen LogP contribution in [0, 0.1) is 5.82 Å². The van der Waals surface area contributed by atoms with Gasteiger partial charge in [-0.3, -0.25) is 4.79 Å². The van der Waals surface area contributed by atoms with E-state index in [1.807, 2.05) is 0 Å². The molecule has 0 saturated heterocycles. The minimum Gasteiger partial charge on any atom is -0.482 e. The third-order valence-corrected chi connectivity index (χ3v) is 2.18. The van der Waals surface area contributed by atoms with Crippen molar-refractivity contribution in [3.63, 3.8) is 0 Å². The Bertz CT molecular complexity index is 399. The van der Waals surface area contributed by atoms with Crippen LogP contribution in [-0.2, 0) is 9.53 Å². The molecule has 0 heterocycles. The fraction of sp³-hybridized carbons (Fsp3) is 0.417. The number of carbonyl (C=O) groups is 1. The third-order valence-electron chi connectivity index (χ3n) is 2.18. The average molecular weight is 256 g/mol. The molecule has 0 fully saturated rings. The maximum Gasteiger partial charge on any atom is 0.257 e. The highest BCUT2D eigenvalue weighted by Gasteiger charge is 2.06. The Morgan fingerprint density at radius 1 is 1.50 bits per heavy atom. The Hall–Kier alpha value is -1.82. The van der Waals surface area contributed by atoms with Gasteiger partial charge in [0, 0.05) is 26.3 Å². The van der Waals surface area contributed by atoms with Gasteiger partial charge in [0.05, 0.1) is 5.69 Å². The number of amides is 1. The molecule has 0 spiro atoms. The first-order valence-corrected chi connectivity index (χ1v) is 5.57. The second-order valence-electron chi connectivity index (χ2n) is 3.67. The molecule has 0 aliphatic rings. The van der Waals surface area contributed by atoms with Crippen LogP contribution in [0.2, 0.25) is 0 Å². The van der Waals surface area contributed by atoms with Crippen LogP contribution >= 0.6 is 0 Å². The van der Waals surface area contributed by atoms with Crippen LogP contribution in [0.15, 0.2) is 18.2 Å². The number of rotatable bonds is 7. The molecule has 6 heteroatoms. The monoisotopic (exact) mass is 256 g/mol. The number of halogens is 1. The van der Waals surface area contributed by atoms with Crippen molar-refractivity contribution in [1.29, 1.82) is 0 Å². The Morgan fingerprint density at radius 2 is 2.28 bits per heavy atom. The first-order chi connectivity index (χ1) is 8.63. The molecular formula is C12H17FN2O3. The number of hydrogen-bond donors (Lipinski definition) is 2. The molecular weight excluding hydrogens is 239 g/mol. The second-order valence-corrected chi connectivity index (χ2v) is 3.67. The van der Waals surface area contributed by atoms with E-state index in [1.54, 1.807) is 7.11 Å².